The van der Waals surface area contributed by atoms with E-state index in [0.717, 1.165) is 11.6 Å². The first-order chi connectivity index (χ1) is 8.40. The van der Waals surface area contributed by atoms with Gasteiger partial charge in [-0.25, -0.2) is 4.79 Å². The Morgan fingerprint density at radius 2 is 1.83 bits per heavy atom. The summed E-state index contributed by atoms with van der Waals surface area (Å²) >= 11 is 0. The molecule has 0 unspecified atom stereocenters. The van der Waals surface area contributed by atoms with Crippen LogP contribution in [-0.2, 0) is 11.3 Å². The van der Waals surface area contributed by atoms with E-state index >= 15 is 0 Å². The molecule has 0 heterocycles. The second-order valence-electron chi connectivity index (χ2n) is 5.31. The van der Waals surface area contributed by atoms with Crippen LogP contribution in [-0.4, -0.2) is 25.9 Å². The quantitative estimate of drug-likeness (QED) is 0.506. The summed E-state index contributed by atoms with van der Waals surface area (Å²) in [4.78, 5) is 11.4. The summed E-state index contributed by atoms with van der Waals surface area (Å²) in [6, 6.07) is 7.58. The number of rotatable bonds is 5. The van der Waals surface area contributed by atoms with E-state index in [0.29, 0.717) is 12.4 Å². The highest BCUT2D eigenvalue weighted by atomic mass is 28.3. The van der Waals surface area contributed by atoms with Gasteiger partial charge in [0.25, 0.3) is 0 Å². The van der Waals surface area contributed by atoms with Crippen LogP contribution in [0, 0.1) is 0 Å². The minimum absolute atomic E-state index is 0.0268. The van der Waals surface area contributed by atoms with Gasteiger partial charge in [0.05, 0.1) is 13.2 Å². The molecule has 1 N–H and O–H groups in total. The predicted molar refractivity (Wildman–Crippen MR) is 72.5 cm³/mol. The Bertz CT molecular complexity index is 381. The van der Waals surface area contributed by atoms with Gasteiger partial charge in [-0.2, -0.15) is 0 Å². The molecule has 0 aliphatic carbocycles. The largest absolute Gasteiger partial charge is 0.513 e. The minimum Gasteiger partial charge on any atom is -0.434 e. The smallest absolute Gasteiger partial charge is 0.434 e. The average molecular weight is 268 g/mol. The van der Waals surface area contributed by atoms with Gasteiger partial charge in [-0.05, 0) is 23.7 Å². The maximum atomic E-state index is 11.4. The molecule has 0 amide bonds. The molecule has 18 heavy (non-hydrogen) atoms. The molecule has 0 aliphatic heterocycles. The molecule has 0 aromatic heterocycles. The lowest BCUT2D eigenvalue weighted by Crippen LogP contribution is -2.23. The first-order valence-corrected chi connectivity index (χ1v) is 9.66. The lowest BCUT2D eigenvalue weighted by molar-refractivity contribution is 0.104. The van der Waals surface area contributed by atoms with Gasteiger partial charge in [-0.3, -0.25) is 0 Å². The fourth-order valence-electron chi connectivity index (χ4n) is 1.23. The third-order valence-electron chi connectivity index (χ3n) is 2.38. The van der Waals surface area contributed by atoms with E-state index < -0.39 is 14.2 Å². The van der Waals surface area contributed by atoms with Gasteiger partial charge in [0.1, 0.15) is 5.75 Å². The fourth-order valence-corrected chi connectivity index (χ4v) is 1.94. The van der Waals surface area contributed by atoms with Gasteiger partial charge in [-0.15, -0.1) is 0 Å². The molecule has 5 heteroatoms. The van der Waals surface area contributed by atoms with E-state index in [2.05, 4.69) is 19.6 Å². The number of ether oxygens (including phenoxy) is 2. The molecule has 0 atom stereocenters. The number of benzene rings is 1. The van der Waals surface area contributed by atoms with E-state index in [1.54, 1.807) is 24.3 Å². The number of aliphatic hydroxyl groups is 1. The molecule has 1 rings (SSSR count). The Morgan fingerprint density at radius 1 is 1.22 bits per heavy atom. The molecule has 100 valence electrons. The topological polar surface area (TPSA) is 55.8 Å². The highest BCUT2D eigenvalue weighted by molar-refractivity contribution is 6.76. The number of aliphatic hydroxyl groups excluding tert-OH is 1. The monoisotopic (exact) mass is 268 g/mol. The van der Waals surface area contributed by atoms with Gasteiger partial charge >= 0.3 is 6.16 Å². The summed E-state index contributed by atoms with van der Waals surface area (Å²) in [6.07, 6.45) is -0.676. The number of carbonyl (C=O) groups is 1. The first kappa shape index (κ1) is 14.7. The van der Waals surface area contributed by atoms with E-state index in [-0.39, 0.29) is 6.61 Å². The van der Waals surface area contributed by atoms with E-state index in [1.165, 1.54) is 0 Å². The Labute approximate surface area is 109 Å². The number of hydrogen-bond acceptors (Lipinski definition) is 4. The zero-order chi connectivity index (χ0) is 13.6. The van der Waals surface area contributed by atoms with Crippen LogP contribution in [0.5, 0.6) is 5.75 Å². The molecule has 0 spiro atoms. The second-order valence-corrected chi connectivity index (χ2v) is 10.9. The van der Waals surface area contributed by atoms with Gasteiger partial charge in [0, 0.05) is 8.07 Å². The number of hydrogen-bond donors (Lipinski definition) is 1. The molecule has 0 aliphatic rings. The Balaban J connectivity index is 2.35. The molecular weight excluding hydrogens is 248 g/mol. The standard InChI is InChI=1S/C13H20O4Si/c1-18(2,3)9-8-16-13(15)17-12-6-4-11(10-14)5-7-12/h4-7,14H,8-10H2,1-3H3. The van der Waals surface area contributed by atoms with Crippen LogP contribution in [0.4, 0.5) is 4.79 Å². The van der Waals surface area contributed by atoms with E-state index in [4.69, 9.17) is 14.6 Å². The van der Waals surface area contributed by atoms with Gasteiger partial charge in [0.15, 0.2) is 0 Å². The van der Waals surface area contributed by atoms with Crippen molar-refractivity contribution in [3.8, 4) is 5.75 Å². The Morgan fingerprint density at radius 3 is 2.33 bits per heavy atom. The van der Waals surface area contributed by atoms with Crippen molar-refractivity contribution in [2.75, 3.05) is 6.61 Å². The maximum absolute atomic E-state index is 11.4. The van der Waals surface area contributed by atoms with Crippen LogP contribution in [0.2, 0.25) is 25.7 Å². The molecule has 1 aromatic rings. The molecule has 0 bridgehead atoms. The predicted octanol–water partition coefficient (Wildman–Crippen LogP) is 3.03. The minimum atomic E-state index is -1.19. The van der Waals surface area contributed by atoms with Gasteiger partial charge < -0.3 is 14.6 Å². The third kappa shape index (κ3) is 5.84. The summed E-state index contributed by atoms with van der Waals surface area (Å²) in [6.45, 7) is 7.03. The molecule has 4 nitrogen and oxygen atoms in total. The Hall–Kier alpha value is -1.33. The SMILES string of the molecule is C[Si](C)(C)CCOC(=O)Oc1ccc(CO)cc1. The van der Waals surface area contributed by atoms with Crippen molar-refractivity contribution >= 4 is 14.2 Å². The van der Waals surface area contributed by atoms with Crippen LogP contribution >= 0.6 is 0 Å². The maximum Gasteiger partial charge on any atom is 0.513 e. The summed E-state index contributed by atoms with van der Waals surface area (Å²) in [5.74, 6) is 0.421. The van der Waals surface area contributed by atoms with Crippen LogP contribution in [0.25, 0.3) is 0 Å². The van der Waals surface area contributed by atoms with Crippen molar-refractivity contribution in [3.05, 3.63) is 29.8 Å². The van der Waals surface area contributed by atoms with E-state index in [9.17, 15) is 4.79 Å². The van der Waals surface area contributed by atoms with Crippen LogP contribution in [0.15, 0.2) is 24.3 Å². The van der Waals surface area contributed by atoms with Crippen LogP contribution < -0.4 is 4.74 Å². The zero-order valence-electron chi connectivity index (χ0n) is 11.1. The lowest BCUT2D eigenvalue weighted by atomic mass is 10.2. The summed E-state index contributed by atoms with van der Waals surface area (Å²) < 4.78 is 10.0. The van der Waals surface area contributed by atoms with Crippen LogP contribution in [0.1, 0.15) is 5.56 Å². The normalized spacial score (nSPS) is 11.1. The molecule has 0 saturated carbocycles. The molecule has 0 fully saturated rings. The van der Waals surface area contributed by atoms with Crippen molar-refractivity contribution in [3.63, 3.8) is 0 Å². The van der Waals surface area contributed by atoms with Gasteiger partial charge in [0.2, 0.25) is 0 Å². The van der Waals surface area contributed by atoms with Crippen molar-refractivity contribution in [2.45, 2.75) is 32.3 Å². The highest BCUT2D eigenvalue weighted by Crippen LogP contribution is 2.13. The first-order valence-electron chi connectivity index (χ1n) is 5.95. The molecular formula is C13H20O4Si. The van der Waals surface area contributed by atoms with E-state index in [1.807, 2.05) is 0 Å². The highest BCUT2D eigenvalue weighted by Gasteiger charge is 2.14. The van der Waals surface area contributed by atoms with Crippen molar-refractivity contribution in [1.82, 2.24) is 0 Å². The van der Waals surface area contributed by atoms with Gasteiger partial charge in [-0.1, -0.05) is 31.8 Å². The zero-order valence-corrected chi connectivity index (χ0v) is 12.1. The van der Waals surface area contributed by atoms with Crippen molar-refractivity contribution < 1.29 is 19.4 Å². The molecule has 0 saturated heterocycles. The second kappa shape index (κ2) is 6.56. The average Bonchev–Trinajstić information content (AvgIpc) is 2.28. The lowest BCUT2D eigenvalue weighted by Gasteiger charge is -2.15. The van der Waals surface area contributed by atoms with Crippen molar-refractivity contribution in [2.24, 2.45) is 0 Å². The van der Waals surface area contributed by atoms with Crippen molar-refractivity contribution in [1.29, 1.82) is 0 Å². The fraction of sp³-hybridized carbons (Fsp3) is 0.462. The molecule has 1 aromatic carbocycles. The summed E-state index contributed by atoms with van der Waals surface area (Å²) in [5, 5.41) is 8.87. The molecule has 0 radical (unpaired) electrons. The third-order valence-corrected chi connectivity index (χ3v) is 4.08. The Kier molecular flexibility index (Phi) is 5.37. The summed E-state index contributed by atoms with van der Waals surface area (Å²) in [7, 11) is -1.19. The van der Waals surface area contributed by atoms with Crippen LogP contribution in [0.3, 0.4) is 0 Å². The number of carbonyl (C=O) groups excluding carboxylic acids is 1. The summed E-state index contributed by atoms with van der Waals surface area (Å²) in [5.41, 5.74) is 0.773.